The highest BCUT2D eigenvalue weighted by Gasteiger charge is 2.18. The Balaban J connectivity index is 2.61. The predicted octanol–water partition coefficient (Wildman–Crippen LogP) is 0.974. The quantitative estimate of drug-likeness (QED) is 0.345. The number of carbonyl (C=O) groups is 3. The molecule has 1 atom stereocenters. The number of rotatable bonds is 11. The lowest BCUT2D eigenvalue weighted by molar-refractivity contribution is -0.139. The van der Waals surface area contributed by atoms with Crippen molar-refractivity contribution in [1.29, 1.82) is 0 Å². The molecule has 0 aromatic heterocycles. The van der Waals surface area contributed by atoms with Crippen molar-refractivity contribution in [3.63, 3.8) is 0 Å². The summed E-state index contributed by atoms with van der Waals surface area (Å²) in [6.45, 7) is 2.24. The number of anilines is 1. The molecule has 0 heterocycles. The van der Waals surface area contributed by atoms with Crippen LogP contribution < -0.4 is 16.4 Å². The minimum absolute atomic E-state index is 0.184. The lowest BCUT2D eigenvalue weighted by Gasteiger charge is -2.15. The van der Waals surface area contributed by atoms with Crippen molar-refractivity contribution in [3.05, 3.63) is 29.8 Å². The van der Waals surface area contributed by atoms with Crippen molar-refractivity contribution in [2.45, 2.75) is 32.2 Å². The van der Waals surface area contributed by atoms with Crippen LogP contribution in [0.2, 0.25) is 0 Å². The Morgan fingerprint density at radius 3 is 2.60 bits per heavy atom. The first kappa shape index (κ1) is 20.6. The fourth-order valence-corrected chi connectivity index (χ4v) is 2.19. The SMILES string of the molecule is CCOC(=O)c1ccccc1NC(=O)CN[C@@H](CCCCN)C(=O)O. The molecule has 1 amide bonds. The molecule has 0 bridgehead atoms. The van der Waals surface area contributed by atoms with Gasteiger partial charge in [0.15, 0.2) is 0 Å². The molecular formula is C17H25N3O5. The monoisotopic (exact) mass is 351 g/mol. The zero-order valence-corrected chi connectivity index (χ0v) is 14.3. The summed E-state index contributed by atoms with van der Waals surface area (Å²) < 4.78 is 4.94. The van der Waals surface area contributed by atoms with Gasteiger partial charge in [0.2, 0.25) is 5.91 Å². The van der Waals surface area contributed by atoms with Crippen molar-refractivity contribution in [1.82, 2.24) is 5.32 Å². The summed E-state index contributed by atoms with van der Waals surface area (Å²) in [6.07, 6.45) is 1.78. The van der Waals surface area contributed by atoms with E-state index in [9.17, 15) is 14.4 Å². The molecule has 0 saturated carbocycles. The van der Waals surface area contributed by atoms with Gasteiger partial charge in [0.05, 0.1) is 24.4 Å². The molecule has 0 aliphatic rings. The third kappa shape index (κ3) is 7.32. The summed E-state index contributed by atoms with van der Waals surface area (Å²) in [7, 11) is 0. The summed E-state index contributed by atoms with van der Waals surface area (Å²) in [5.41, 5.74) is 5.96. The first-order valence-electron chi connectivity index (χ1n) is 8.21. The van der Waals surface area contributed by atoms with Crippen LogP contribution in [0.15, 0.2) is 24.3 Å². The Kier molecular flexibility index (Phi) is 9.20. The van der Waals surface area contributed by atoms with Crippen LogP contribution in [0, 0.1) is 0 Å². The normalized spacial score (nSPS) is 11.6. The maximum absolute atomic E-state index is 12.1. The molecule has 25 heavy (non-hydrogen) atoms. The van der Waals surface area contributed by atoms with Gasteiger partial charge in [0.25, 0.3) is 0 Å². The Morgan fingerprint density at radius 1 is 1.24 bits per heavy atom. The number of nitrogens with one attached hydrogen (secondary N) is 2. The van der Waals surface area contributed by atoms with Crippen molar-refractivity contribution in [2.24, 2.45) is 5.73 Å². The first-order chi connectivity index (χ1) is 12.0. The molecule has 0 spiro atoms. The van der Waals surface area contributed by atoms with E-state index in [0.29, 0.717) is 25.1 Å². The number of esters is 1. The number of para-hydroxylation sites is 1. The van der Waals surface area contributed by atoms with Crippen LogP contribution in [0.1, 0.15) is 36.5 Å². The third-order valence-electron chi connectivity index (χ3n) is 3.45. The number of unbranched alkanes of at least 4 members (excludes halogenated alkanes) is 1. The van der Waals surface area contributed by atoms with Crippen LogP contribution >= 0.6 is 0 Å². The molecule has 8 nitrogen and oxygen atoms in total. The second-order valence-electron chi connectivity index (χ2n) is 5.37. The number of aliphatic carboxylic acids is 1. The second-order valence-corrected chi connectivity index (χ2v) is 5.37. The topological polar surface area (TPSA) is 131 Å². The van der Waals surface area contributed by atoms with Crippen LogP contribution in [-0.2, 0) is 14.3 Å². The van der Waals surface area contributed by atoms with E-state index in [1.165, 1.54) is 0 Å². The highest BCUT2D eigenvalue weighted by atomic mass is 16.5. The van der Waals surface area contributed by atoms with E-state index in [0.717, 1.165) is 6.42 Å². The number of carbonyl (C=O) groups excluding carboxylic acids is 2. The maximum Gasteiger partial charge on any atom is 0.340 e. The van der Waals surface area contributed by atoms with E-state index in [4.69, 9.17) is 15.6 Å². The van der Waals surface area contributed by atoms with Crippen molar-refractivity contribution in [2.75, 3.05) is 25.0 Å². The van der Waals surface area contributed by atoms with Gasteiger partial charge in [0, 0.05) is 0 Å². The smallest absolute Gasteiger partial charge is 0.340 e. The lowest BCUT2D eigenvalue weighted by atomic mass is 10.1. The number of carboxylic acids is 1. The maximum atomic E-state index is 12.1. The minimum Gasteiger partial charge on any atom is -0.480 e. The van der Waals surface area contributed by atoms with Gasteiger partial charge in [-0.25, -0.2) is 4.79 Å². The molecule has 1 aromatic rings. The van der Waals surface area contributed by atoms with Gasteiger partial charge in [-0.15, -0.1) is 0 Å². The van der Waals surface area contributed by atoms with E-state index < -0.39 is 23.9 Å². The highest BCUT2D eigenvalue weighted by molar-refractivity contribution is 6.01. The van der Waals surface area contributed by atoms with Gasteiger partial charge in [-0.3, -0.25) is 14.9 Å². The van der Waals surface area contributed by atoms with Crippen LogP contribution in [0.4, 0.5) is 5.69 Å². The Morgan fingerprint density at radius 2 is 1.96 bits per heavy atom. The Hall–Kier alpha value is -2.45. The minimum atomic E-state index is -1.02. The molecule has 0 radical (unpaired) electrons. The third-order valence-corrected chi connectivity index (χ3v) is 3.45. The number of hydrogen-bond acceptors (Lipinski definition) is 6. The number of hydrogen-bond donors (Lipinski definition) is 4. The first-order valence-corrected chi connectivity index (χ1v) is 8.21. The molecule has 1 rings (SSSR count). The molecular weight excluding hydrogens is 326 g/mol. The van der Waals surface area contributed by atoms with Gasteiger partial charge in [-0.2, -0.15) is 0 Å². The lowest BCUT2D eigenvalue weighted by Crippen LogP contribution is -2.41. The number of amides is 1. The molecule has 138 valence electrons. The van der Waals surface area contributed by atoms with E-state index in [1.54, 1.807) is 31.2 Å². The van der Waals surface area contributed by atoms with Gasteiger partial charge in [-0.05, 0) is 38.4 Å². The predicted molar refractivity (Wildman–Crippen MR) is 93.4 cm³/mol. The average Bonchev–Trinajstić information content (AvgIpc) is 2.58. The number of carboxylic acid groups (broad SMARTS) is 1. The fourth-order valence-electron chi connectivity index (χ4n) is 2.19. The Labute approximate surface area is 146 Å². The molecule has 8 heteroatoms. The van der Waals surface area contributed by atoms with Gasteiger partial charge < -0.3 is 20.9 Å². The molecule has 0 unspecified atom stereocenters. The summed E-state index contributed by atoms with van der Waals surface area (Å²) in [4.78, 5) is 35.1. The summed E-state index contributed by atoms with van der Waals surface area (Å²) >= 11 is 0. The molecule has 0 aliphatic heterocycles. The number of ether oxygens (including phenoxy) is 1. The van der Waals surface area contributed by atoms with E-state index in [2.05, 4.69) is 10.6 Å². The molecule has 0 aliphatic carbocycles. The van der Waals surface area contributed by atoms with Crippen LogP contribution in [-0.4, -0.2) is 48.7 Å². The van der Waals surface area contributed by atoms with Crippen molar-refractivity contribution >= 4 is 23.5 Å². The van der Waals surface area contributed by atoms with E-state index in [1.807, 2.05) is 0 Å². The van der Waals surface area contributed by atoms with Crippen LogP contribution in [0.5, 0.6) is 0 Å². The van der Waals surface area contributed by atoms with Crippen molar-refractivity contribution < 1.29 is 24.2 Å². The molecule has 1 aromatic carbocycles. The van der Waals surface area contributed by atoms with E-state index >= 15 is 0 Å². The largest absolute Gasteiger partial charge is 0.480 e. The van der Waals surface area contributed by atoms with Gasteiger partial charge in [-0.1, -0.05) is 18.6 Å². The highest BCUT2D eigenvalue weighted by Crippen LogP contribution is 2.16. The summed E-state index contributed by atoms with van der Waals surface area (Å²) in [6, 6.07) is 5.66. The fraction of sp³-hybridized carbons (Fsp3) is 0.471. The zero-order chi connectivity index (χ0) is 18.7. The molecule has 5 N–H and O–H groups in total. The zero-order valence-electron chi connectivity index (χ0n) is 14.3. The molecule has 0 saturated heterocycles. The Bertz CT molecular complexity index is 591. The number of nitrogens with two attached hydrogens (primary N) is 1. The van der Waals surface area contributed by atoms with Gasteiger partial charge >= 0.3 is 11.9 Å². The standard InChI is InChI=1S/C17H25N3O5/c1-2-25-17(24)12-7-3-4-8-13(12)20-15(21)11-19-14(16(22)23)9-5-6-10-18/h3-4,7-8,14,19H,2,5-6,9-11,18H2,1H3,(H,20,21)(H,22,23)/t14-/m0/s1. The summed E-state index contributed by atoms with van der Waals surface area (Å²) in [5.74, 6) is -1.99. The van der Waals surface area contributed by atoms with Crippen LogP contribution in [0.3, 0.4) is 0 Å². The van der Waals surface area contributed by atoms with Crippen LogP contribution in [0.25, 0.3) is 0 Å². The second kappa shape index (κ2) is 11.2. The average molecular weight is 351 g/mol. The summed E-state index contributed by atoms with van der Waals surface area (Å²) in [5, 5.41) is 14.5. The van der Waals surface area contributed by atoms with E-state index in [-0.39, 0.29) is 18.7 Å². The van der Waals surface area contributed by atoms with Gasteiger partial charge in [0.1, 0.15) is 6.04 Å². The molecule has 0 fully saturated rings. The van der Waals surface area contributed by atoms with Crippen molar-refractivity contribution in [3.8, 4) is 0 Å². The number of benzene rings is 1.